The molecule has 0 aliphatic rings. The average Bonchev–Trinajstić information content (AvgIpc) is 3.10. The summed E-state index contributed by atoms with van der Waals surface area (Å²) in [6.07, 6.45) is -4.37. The van der Waals surface area contributed by atoms with Crippen LogP contribution < -0.4 is 4.90 Å². The number of alkyl halides is 3. The van der Waals surface area contributed by atoms with Gasteiger partial charge >= 0.3 is 6.18 Å². The van der Waals surface area contributed by atoms with E-state index in [9.17, 15) is 13.2 Å². The number of nitrogens with one attached hydrogen (secondary N) is 1. The van der Waals surface area contributed by atoms with Crippen LogP contribution in [0.25, 0.3) is 11.3 Å². The number of aromatic nitrogens is 3. The zero-order valence-electron chi connectivity index (χ0n) is 13.7. The predicted octanol–water partition coefficient (Wildman–Crippen LogP) is 4.00. The lowest BCUT2D eigenvalue weighted by Gasteiger charge is -2.20. The Labute approximate surface area is 147 Å². The molecule has 0 spiro atoms. The van der Waals surface area contributed by atoms with E-state index in [2.05, 4.69) is 15.4 Å². The molecule has 0 aliphatic heterocycles. The van der Waals surface area contributed by atoms with Gasteiger partial charge in [-0.2, -0.15) is 28.7 Å². The molecule has 1 N–H and O–H groups in total. The summed E-state index contributed by atoms with van der Waals surface area (Å²) in [5.41, 5.74) is 1.98. The fourth-order valence-corrected chi connectivity index (χ4v) is 2.61. The number of halogens is 3. The molecule has 0 radical (unpaired) electrons. The molecular formula is C18H14F3N5. The first-order valence-electron chi connectivity index (χ1n) is 7.67. The van der Waals surface area contributed by atoms with Crippen LogP contribution in [0.1, 0.15) is 16.8 Å². The van der Waals surface area contributed by atoms with Crippen LogP contribution >= 0.6 is 0 Å². The molecule has 0 bridgehead atoms. The molecule has 8 heteroatoms. The monoisotopic (exact) mass is 357 g/mol. The van der Waals surface area contributed by atoms with Gasteiger partial charge in [-0.15, -0.1) is 5.10 Å². The lowest BCUT2D eigenvalue weighted by atomic mass is 10.1. The van der Waals surface area contributed by atoms with Crippen molar-refractivity contribution in [2.75, 3.05) is 11.9 Å². The summed E-state index contributed by atoms with van der Waals surface area (Å²) in [7, 11) is 1.79. The summed E-state index contributed by atoms with van der Waals surface area (Å²) in [4.78, 5) is 1.82. The quantitative estimate of drug-likeness (QED) is 0.766. The van der Waals surface area contributed by atoms with E-state index in [4.69, 9.17) is 5.26 Å². The minimum absolute atomic E-state index is 0.183. The van der Waals surface area contributed by atoms with Gasteiger partial charge in [-0.1, -0.05) is 24.3 Å². The van der Waals surface area contributed by atoms with Crippen LogP contribution in [0.3, 0.4) is 0 Å². The Balaban J connectivity index is 1.84. The number of benzene rings is 2. The minimum Gasteiger partial charge on any atom is -0.370 e. The first kappa shape index (κ1) is 17.5. The van der Waals surface area contributed by atoms with Gasteiger partial charge in [0, 0.05) is 24.8 Å². The van der Waals surface area contributed by atoms with Gasteiger partial charge in [0.2, 0.25) is 0 Å². The second kappa shape index (κ2) is 6.88. The third-order valence-corrected chi connectivity index (χ3v) is 3.89. The zero-order valence-corrected chi connectivity index (χ0v) is 13.7. The van der Waals surface area contributed by atoms with E-state index in [0.717, 1.165) is 17.8 Å². The molecule has 1 aromatic heterocycles. The van der Waals surface area contributed by atoms with E-state index in [1.807, 2.05) is 23.1 Å². The van der Waals surface area contributed by atoms with Crippen LogP contribution in [0.4, 0.5) is 18.9 Å². The third-order valence-electron chi connectivity index (χ3n) is 3.89. The number of hydrogen-bond donors (Lipinski definition) is 1. The smallest absolute Gasteiger partial charge is 0.370 e. The summed E-state index contributed by atoms with van der Waals surface area (Å²) in [6.45, 7) is 0.303. The fraction of sp³-hybridized carbons (Fsp3) is 0.167. The molecule has 5 nitrogen and oxygen atoms in total. The Bertz CT molecular complexity index is 956. The number of nitriles is 1. The van der Waals surface area contributed by atoms with Crippen molar-refractivity contribution in [2.24, 2.45) is 0 Å². The van der Waals surface area contributed by atoms with Gasteiger partial charge in [-0.25, -0.2) is 0 Å². The van der Waals surface area contributed by atoms with Crippen molar-refractivity contribution < 1.29 is 13.2 Å². The number of H-pyrrole nitrogens is 1. The Morgan fingerprint density at radius 3 is 2.62 bits per heavy atom. The second-order valence-electron chi connectivity index (χ2n) is 5.74. The van der Waals surface area contributed by atoms with Crippen LogP contribution in [0, 0.1) is 11.3 Å². The molecule has 3 rings (SSSR count). The lowest BCUT2D eigenvalue weighted by Crippen LogP contribution is -2.17. The van der Waals surface area contributed by atoms with E-state index < -0.39 is 11.7 Å². The maximum atomic E-state index is 12.9. The highest BCUT2D eigenvalue weighted by Crippen LogP contribution is 2.30. The minimum atomic E-state index is -4.37. The molecule has 0 unspecified atom stereocenters. The van der Waals surface area contributed by atoms with E-state index in [-0.39, 0.29) is 5.69 Å². The van der Waals surface area contributed by atoms with Crippen molar-refractivity contribution in [3.8, 4) is 17.3 Å². The van der Waals surface area contributed by atoms with Crippen LogP contribution in [-0.4, -0.2) is 22.5 Å². The van der Waals surface area contributed by atoms with E-state index in [1.54, 1.807) is 25.2 Å². The molecule has 2 aromatic carbocycles. The Morgan fingerprint density at radius 1 is 1.12 bits per heavy atom. The molecule has 0 aliphatic carbocycles. The standard InChI is InChI=1S/C18H14F3N5/c1-26(11-12-4-2-6-14(8-12)18(19,20)21)15-7-3-5-13(9-15)17-16(10-22)23-25-24-17/h2-9H,11H2,1H3,(H,23,24,25). The topological polar surface area (TPSA) is 68.6 Å². The van der Waals surface area contributed by atoms with Crippen LogP contribution in [-0.2, 0) is 12.7 Å². The SMILES string of the molecule is CN(Cc1cccc(C(F)(F)F)c1)c1cccc(-c2n[nH]nc2C#N)c1. The van der Waals surface area contributed by atoms with Crippen LogP contribution in [0.5, 0.6) is 0 Å². The number of nitrogens with zero attached hydrogens (tertiary/aromatic N) is 4. The summed E-state index contributed by atoms with van der Waals surface area (Å²) in [5, 5.41) is 19.2. The Morgan fingerprint density at radius 2 is 1.88 bits per heavy atom. The van der Waals surface area contributed by atoms with Crippen molar-refractivity contribution in [1.82, 2.24) is 15.4 Å². The Hall–Kier alpha value is -3.34. The summed E-state index contributed by atoms with van der Waals surface area (Å²) in [5.74, 6) is 0. The molecule has 0 atom stereocenters. The zero-order chi connectivity index (χ0) is 18.7. The molecule has 132 valence electrons. The number of aromatic amines is 1. The van der Waals surface area contributed by atoms with Gasteiger partial charge in [-0.3, -0.25) is 0 Å². The number of hydrogen-bond acceptors (Lipinski definition) is 4. The van der Waals surface area contributed by atoms with E-state index in [0.29, 0.717) is 23.4 Å². The van der Waals surface area contributed by atoms with Gasteiger partial charge in [0.1, 0.15) is 11.8 Å². The van der Waals surface area contributed by atoms with Crippen molar-refractivity contribution in [3.05, 3.63) is 65.4 Å². The largest absolute Gasteiger partial charge is 0.416 e. The van der Waals surface area contributed by atoms with Gasteiger partial charge < -0.3 is 4.90 Å². The second-order valence-corrected chi connectivity index (χ2v) is 5.74. The van der Waals surface area contributed by atoms with Crippen molar-refractivity contribution in [1.29, 1.82) is 5.26 Å². The van der Waals surface area contributed by atoms with E-state index >= 15 is 0 Å². The van der Waals surface area contributed by atoms with Crippen LogP contribution in [0.15, 0.2) is 48.5 Å². The van der Waals surface area contributed by atoms with E-state index in [1.165, 1.54) is 6.07 Å². The first-order valence-corrected chi connectivity index (χ1v) is 7.67. The molecule has 3 aromatic rings. The molecule has 0 saturated heterocycles. The van der Waals surface area contributed by atoms with Crippen molar-refractivity contribution in [2.45, 2.75) is 12.7 Å². The van der Waals surface area contributed by atoms with Gasteiger partial charge in [-0.05, 0) is 29.8 Å². The first-order chi connectivity index (χ1) is 12.4. The van der Waals surface area contributed by atoms with Crippen LogP contribution in [0.2, 0.25) is 0 Å². The van der Waals surface area contributed by atoms with Gasteiger partial charge in [0.25, 0.3) is 0 Å². The maximum Gasteiger partial charge on any atom is 0.416 e. The van der Waals surface area contributed by atoms with Gasteiger partial charge in [0.05, 0.1) is 5.56 Å². The summed E-state index contributed by atoms with van der Waals surface area (Å²) < 4.78 is 38.6. The normalized spacial score (nSPS) is 11.2. The Kier molecular flexibility index (Phi) is 4.63. The summed E-state index contributed by atoms with van der Waals surface area (Å²) in [6, 6.07) is 14.4. The molecule has 0 fully saturated rings. The molecule has 0 amide bonds. The van der Waals surface area contributed by atoms with Gasteiger partial charge in [0.15, 0.2) is 5.69 Å². The molecule has 0 saturated carbocycles. The molecule has 1 heterocycles. The lowest BCUT2D eigenvalue weighted by molar-refractivity contribution is -0.137. The molecule has 26 heavy (non-hydrogen) atoms. The molecular weight excluding hydrogens is 343 g/mol. The third kappa shape index (κ3) is 3.67. The maximum absolute atomic E-state index is 12.9. The highest BCUT2D eigenvalue weighted by molar-refractivity contribution is 5.68. The highest BCUT2D eigenvalue weighted by Gasteiger charge is 2.30. The van der Waals surface area contributed by atoms with Crippen molar-refractivity contribution >= 4 is 5.69 Å². The predicted molar refractivity (Wildman–Crippen MR) is 90.1 cm³/mol. The highest BCUT2D eigenvalue weighted by atomic mass is 19.4. The average molecular weight is 357 g/mol. The number of rotatable bonds is 4. The number of anilines is 1. The summed E-state index contributed by atoms with van der Waals surface area (Å²) >= 11 is 0. The fourth-order valence-electron chi connectivity index (χ4n) is 2.61. The van der Waals surface area contributed by atoms with Crippen molar-refractivity contribution in [3.63, 3.8) is 0 Å².